The molecule has 0 bridgehead atoms. The Labute approximate surface area is 112 Å². The van der Waals surface area contributed by atoms with E-state index >= 15 is 0 Å². The van der Waals surface area contributed by atoms with Crippen molar-refractivity contribution in [2.75, 3.05) is 6.79 Å². The van der Waals surface area contributed by atoms with E-state index < -0.39 is 0 Å². The highest BCUT2D eigenvalue weighted by Gasteiger charge is 2.18. The molecule has 0 amide bonds. The van der Waals surface area contributed by atoms with Crippen LogP contribution >= 0.6 is 15.9 Å². The Bertz CT molecular complexity index is 610. The monoisotopic (exact) mass is 310 g/mol. The Morgan fingerprint density at radius 2 is 2.17 bits per heavy atom. The molecule has 6 heteroatoms. The number of rotatable bonds is 2. The van der Waals surface area contributed by atoms with Gasteiger partial charge in [0, 0.05) is 12.6 Å². The van der Waals surface area contributed by atoms with E-state index in [1.807, 2.05) is 29.8 Å². The highest BCUT2D eigenvalue weighted by atomic mass is 79.9. The fourth-order valence-corrected chi connectivity index (χ4v) is 2.52. The Morgan fingerprint density at radius 3 is 2.89 bits per heavy atom. The fourth-order valence-electron chi connectivity index (χ4n) is 1.96. The van der Waals surface area contributed by atoms with Gasteiger partial charge in [0.05, 0.1) is 12.3 Å². The molecule has 0 atom stereocenters. The molecule has 94 valence electrons. The number of imidazole rings is 1. The summed E-state index contributed by atoms with van der Waals surface area (Å²) in [6.45, 7) is 0.194. The van der Waals surface area contributed by atoms with Gasteiger partial charge in [0.25, 0.3) is 0 Å². The highest BCUT2D eigenvalue weighted by molar-refractivity contribution is 9.10. The zero-order valence-corrected chi connectivity index (χ0v) is 11.3. The first kappa shape index (κ1) is 11.6. The van der Waals surface area contributed by atoms with Gasteiger partial charge in [0.2, 0.25) is 6.79 Å². The average molecular weight is 311 g/mol. The number of aliphatic hydroxyl groups excluding tert-OH is 1. The summed E-state index contributed by atoms with van der Waals surface area (Å²) in [5.41, 5.74) is 1.66. The lowest BCUT2D eigenvalue weighted by atomic mass is 10.2. The molecule has 0 radical (unpaired) electrons. The SMILES string of the molecule is Cn1c(-c2ccc3c(c2)OCO3)nc(Br)c1CO. The van der Waals surface area contributed by atoms with Gasteiger partial charge in [-0.05, 0) is 34.1 Å². The Kier molecular flexibility index (Phi) is 2.76. The van der Waals surface area contributed by atoms with Crippen LogP contribution in [0.15, 0.2) is 22.8 Å². The third-order valence-electron chi connectivity index (χ3n) is 2.95. The van der Waals surface area contributed by atoms with Crippen molar-refractivity contribution in [3.05, 3.63) is 28.5 Å². The molecule has 2 heterocycles. The smallest absolute Gasteiger partial charge is 0.231 e. The molecule has 1 aliphatic rings. The molecule has 1 aromatic heterocycles. The minimum Gasteiger partial charge on any atom is -0.454 e. The van der Waals surface area contributed by atoms with Crippen LogP contribution in [0.2, 0.25) is 0 Å². The number of hydrogen-bond acceptors (Lipinski definition) is 4. The third kappa shape index (κ3) is 1.69. The minimum absolute atomic E-state index is 0.0609. The standard InChI is InChI=1S/C12H11BrN2O3/c1-15-8(5-16)11(13)14-12(15)7-2-3-9-10(4-7)18-6-17-9/h2-4,16H,5-6H2,1H3. The van der Waals surface area contributed by atoms with Gasteiger partial charge >= 0.3 is 0 Å². The van der Waals surface area contributed by atoms with E-state index in [-0.39, 0.29) is 13.4 Å². The number of nitrogens with zero attached hydrogens (tertiary/aromatic N) is 2. The van der Waals surface area contributed by atoms with Gasteiger partial charge in [0.1, 0.15) is 10.4 Å². The lowest BCUT2D eigenvalue weighted by Gasteiger charge is -2.05. The maximum atomic E-state index is 9.28. The second kappa shape index (κ2) is 4.29. The molecule has 0 saturated carbocycles. The van der Waals surface area contributed by atoms with Crippen molar-refractivity contribution in [2.24, 2.45) is 7.05 Å². The van der Waals surface area contributed by atoms with Gasteiger partial charge < -0.3 is 19.1 Å². The van der Waals surface area contributed by atoms with Gasteiger partial charge in [-0.1, -0.05) is 0 Å². The number of aliphatic hydroxyl groups is 1. The number of benzene rings is 1. The van der Waals surface area contributed by atoms with E-state index in [0.29, 0.717) is 4.60 Å². The Morgan fingerprint density at radius 1 is 1.39 bits per heavy atom. The highest BCUT2D eigenvalue weighted by Crippen LogP contribution is 2.36. The summed E-state index contributed by atoms with van der Waals surface area (Å²) >= 11 is 3.34. The summed E-state index contributed by atoms with van der Waals surface area (Å²) in [7, 11) is 1.86. The van der Waals surface area contributed by atoms with E-state index in [0.717, 1.165) is 28.6 Å². The zero-order valence-electron chi connectivity index (χ0n) is 9.68. The van der Waals surface area contributed by atoms with Crippen molar-refractivity contribution in [2.45, 2.75) is 6.61 Å². The third-order valence-corrected chi connectivity index (χ3v) is 3.58. The normalized spacial score (nSPS) is 13.1. The second-order valence-corrected chi connectivity index (χ2v) is 4.71. The summed E-state index contributed by atoms with van der Waals surface area (Å²) in [6.07, 6.45) is 0. The lowest BCUT2D eigenvalue weighted by molar-refractivity contribution is 0.174. The van der Waals surface area contributed by atoms with Crippen LogP contribution in [0.5, 0.6) is 11.5 Å². The largest absolute Gasteiger partial charge is 0.454 e. The quantitative estimate of drug-likeness (QED) is 0.922. The molecule has 0 saturated heterocycles. The van der Waals surface area contributed by atoms with Crippen molar-refractivity contribution in [1.29, 1.82) is 0 Å². The van der Waals surface area contributed by atoms with Crippen LogP contribution < -0.4 is 9.47 Å². The molecule has 18 heavy (non-hydrogen) atoms. The van der Waals surface area contributed by atoms with E-state index in [4.69, 9.17) is 9.47 Å². The molecular formula is C12H11BrN2O3. The van der Waals surface area contributed by atoms with Gasteiger partial charge in [-0.25, -0.2) is 4.98 Å². The summed E-state index contributed by atoms with van der Waals surface area (Å²) in [5.74, 6) is 2.23. The van der Waals surface area contributed by atoms with Crippen LogP contribution in [0.25, 0.3) is 11.4 Å². The van der Waals surface area contributed by atoms with Crippen molar-refractivity contribution in [3.8, 4) is 22.9 Å². The van der Waals surface area contributed by atoms with Crippen LogP contribution in [-0.4, -0.2) is 21.5 Å². The second-order valence-electron chi connectivity index (χ2n) is 3.96. The molecule has 0 aliphatic carbocycles. The zero-order chi connectivity index (χ0) is 12.7. The lowest BCUT2D eigenvalue weighted by Crippen LogP contribution is -1.98. The Hall–Kier alpha value is -1.53. The average Bonchev–Trinajstić information content (AvgIpc) is 2.93. The first-order valence-electron chi connectivity index (χ1n) is 5.42. The van der Waals surface area contributed by atoms with Gasteiger partial charge in [-0.3, -0.25) is 0 Å². The van der Waals surface area contributed by atoms with Crippen molar-refractivity contribution < 1.29 is 14.6 Å². The number of aromatic nitrogens is 2. The predicted octanol–water partition coefficient (Wildman–Crippen LogP) is 2.07. The van der Waals surface area contributed by atoms with Crippen LogP contribution in [0, 0.1) is 0 Å². The summed E-state index contributed by atoms with van der Waals surface area (Å²) in [5, 5.41) is 9.28. The van der Waals surface area contributed by atoms with E-state index in [2.05, 4.69) is 20.9 Å². The van der Waals surface area contributed by atoms with Gasteiger partial charge in [-0.2, -0.15) is 0 Å². The molecule has 1 aliphatic heterocycles. The van der Waals surface area contributed by atoms with Crippen LogP contribution in [0.1, 0.15) is 5.69 Å². The molecule has 0 fully saturated rings. The predicted molar refractivity (Wildman–Crippen MR) is 68.4 cm³/mol. The molecule has 5 nitrogen and oxygen atoms in total. The molecule has 2 aromatic rings. The number of fused-ring (bicyclic) bond motifs is 1. The number of hydrogen-bond donors (Lipinski definition) is 1. The van der Waals surface area contributed by atoms with Crippen molar-refractivity contribution in [3.63, 3.8) is 0 Å². The minimum atomic E-state index is -0.0609. The summed E-state index contributed by atoms with van der Waals surface area (Å²) in [4.78, 5) is 4.40. The molecule has 1 N–H and O–H groups in total. The molecule has 0 unspecified atom stereocenters. The van der Waals surface area contributed by atoms with Crippen molar-refractivity contribution >= 4 is 15.9 Å². The van der Waals surface area contributed by atoms with Gasteiger partial charge in [0.15, 0.2) is 11.5 Å². The van der Waals surface area contributed by atoms with E-state index in [9.17, 15) is 5.11 Å². The topological polar surface area (TPSA) is 56.5 Å². The maximum Gasteiger partial charge on any atom is 0.231 e. The summed E-state index contributed by atoms with van der Waals surface area (Å²) in [6, 6.07) is 5.67. The molecule has 3 rings (SSSR count). The summed E-state index contributed by atoms with van der Waals surface area (Å²) < 4.78 is 13.1. The molecule has 1 aromatic carbocycles. The molecular weight excluding hydrogens is 300 g/mol. The Balaban J connectivity index is 2.10. The van der Waals surface area contributed by atoms with Crippen LogP contribution in [0.4, 0.5) is 0 Å². The maximum absolute atomic E-state index is 9.28. The fraction of sp³-hybridized carbons (Fsp3) is 0.250. The molecule has 0 spiro atoms. The number of ether oxygens (including phenoxy) is 2. The van der Waals surface area contributed by atoms with Crippen LogP contribution in [0.3, 0.4) is 0 Å². The van der Waals surface area contributed by atoms with Gasteiger partial charge in [-0.15, -0.1) is 0 Å². The van der Waals surface area contributed by atoms with Crippen molar-refractivity contribution in [1.82, 2.24) is 9.55 Å². The first-order chi connectivity index (χ1) is 8.70. The number of halogens is 1. The van der Waals surface area contributed by atoms with Crippen LogP contribution in [-0.2, 0) is 13.7 Å². The van der Waals surface area contributed by atoms with E-state index in [1.54, 1.807) is 0 Å². The first-order valence-corrected chi connectivity index (χ1v) is 6.22. The van der Waals surface area contributed by atoms with E-state index in [1.165, 1.54) is 0 Å².